The van der Waals surface area contributed by atoms with E-state index in [-0.39, 0.29) is 95.5 Å². The molecule has 0 bridgehead atoms. The summed E-state index contributed by atoms with van der Waals surface area (Å²) >= 11 is 0. The van der Waals surface area contributed by atoms with Gasteiger partial charge in [0.2, 0.25) is 0 Å². The summed E-state index contributed by atoms with van der Waals surface area (Å²) < 4.78 is 20.9. The third-order valence-corrected chi connectivity index (χ3v) is 1.49. The molecular weight excluding hydrogens is 626 g/mol. The molecule has 0 aromatic carbocycles. The fourth-order valence-electron chi connectivity index (χ4n) is 0.880. The van der Waals surface area contributed by atoms with Crippen molar-refractivity contribution in [1.82, 2.24) is 0 Å². The number of ether oxygens (including phenoxy) is 4. The summed E-state index contributed by atoms with van der Waals surface area (Å²) in [6, 6.07) is 0. The van der Waals surface area contributed by atoms with E-state index in [9.17, 15) is 0 Å². The molecule has 1 aliphatic heterocycles. The Labute approximate surface area is 248 Å². The Bertz CT molecular complexity index is 305. The first kappa shape index (κ1) is 91.1. The van der Waals surface area contributed by atoms with Crippen LogP contribution in [0, 0.1) is 61.3 Å². The zero-order valence-electron chi connectivity index (χ0n) is 19.5. The molecule has 0 atom stereocenters. The van der Waals surface area contributed by atoms with Crippen LogP contribution in [0.1, 0.15) is 0 Å². The fourth-order valence-corrected chi connectivity index (χ4v) is 0.880. The molecule has 30 heteroatoms. The number of nitrogens with zero attached hydrogens (tertiary/aromatic N) is 4. The van der Waals surface area contributed by atoms with Crippen molar-refractivity contribution >= 4 is 0 Å². The van der Waals surface area contributed by atoms with Gasteiger partial charge >= 0.3 is 51.7 Å². The molecule has 28 nitrogen and oxygen atoms in total. The minimum absolute atomic E-state index is 0. The van der Waals surface area contributed by atoms with Crippen LogP contribution in [0.5, 0.6) is 0 Å². The Balaban J connectivity index is -0.0000000163. The van der Waals surface area contributed by atoms with Crippen LogP contribution in [-0.4, -0.2) is 84.2 Å². The van der Waals surface area contributed by atoms with Gasteiger partial charge < -0.3 is 124 Å². The van der Waals surface area contributed by atoms with Crippen molar-refractivity contribution in [3.05, 3.63) is 61.3 Å². The quantitative estimate of drug-likeness (QED) is 0.132. The van der Waals surface area contributed by atoms with Crippen LogP contribution in [0.4, 0.5) is 0 Å². The Morgan fingerprint density at radius 2 is 0.395 bits per heavy atom. The summed E-state index contributed by atoms with van der Waals surface area (Å²) in [6.45, 7) is 5.14. The molecule has 20 N–H and O–H groups in total. The van der Waals surface area contributed by atoms with Crippen LogP contribution in [0.2, 0.25) is 0 Å². The third kappa shape index (κ3) is 368. The normalized spacial score (nSPS) is 10.1. The molecule has 0 aliphatic carbocycles. The number of rotatable bonds is 0. The molecule has 0 unspecified atom stereocenters. The van der Waals surface area contributed by atoms with E-state index in [1.165, 1.54) is 0 Å². The second kappa shape index (κ2) is 83.6. The first-order valence-corrected chi connectivity index (χ1v) is 6.50. The van der Waals surface area contributed by atoms with Gasteiger partial charge in [0.05, 0.1) is 73.2 Å². The Hall–Kier alpha value is -1.94. The van der Waals surface area contributed by atoms with Gasteiger partial charge in [-0.2, -0.15) is 0 Å². The third-order valence-electron chi connectivity index (χ3n) is 1.49. The Morgan fingerprint density at radius 3 is 0.447 bits per heavy atom. The first-order chi connectivity index (χ1) is 12.9. The predicted molar refractivity (Wildman–Crippen MR) is 118 cm³/mol. The maximum atomic E-state index is 8.25. The summed E-state index contributed by atoms with van der Waals surface area (Å²) in [7, 11) is 0. The first-order valence-electron chi connectivity index (χ1n) is 6.50. The fraction of sp³-hybridized carbons (Fsp3) is 1.00. The zero-order chi connectivity index (χ0) is 22.8. The van der Waals surface area contributed by atoms with E-state index >= 15 is 0 Å². The summed E-state index contributed by atoms with van der Waals surface area (Å²) in [5.41, 5.74) is 0. The standard InChI is InChI=1S/C8H16O4.4NO3.8H2O.2Sc/c1-2-10-5-6-12-8-7-11-4-3-9-1;4*2-1(3)4;;;;;;;;;;/h1-8H2;;;;;8*1H2;;/q;4*-1;;;;;;;;;2*+3/p+4. The monoisotopic (exact) mass is 662 g/mol. The molecule has 0 saturated carbocycles. The van der Waals surface area contributed by atoms with Gasteiger partial charge in [0.1, 0.15) is 0 Å². The van der Waals surface area contributed by atoms with E-state index in [1.807, 2.05) is 0 Å². The molecule has 1 fully saturated rings. The number of hydrogen-bond donors (Lipinski definition) is 0. The molecule has 0 amide bonds. The van der Waals surface area contributed by atoms with Crippen LogP contribution in [0.15, 0.2) is 0 Å². The molecule has 0 aromatic rings. The molecule has 0 aromatic heterocycles. The maximum Gasteiger partial charge on any atom is 3.00 e. The van der Waals surface area contributed by atoms with Crippen LogP contribution in [-0.2, 0) is 103 Å². The van der Waals surface area contributed by atoms with Gasteiger partial charge in [0, 0.05) is 0 Å². The molecule has 1 rings (SSSR count). The topological polar surface area (TPSA) is 560 Å². The predicted octanol–water partition coefficient (Wildman–Crippen LogP) is -6.78. The van der Waals surface area contributed by atoms with Crippen molar-refractivity contribution in [2.24, 2.45) is 0 Å². The smallest absolute Gasteiger partial charge is 0.870 e. The van der Waals surface area contributed by atoms with Gasteiger partial charge in [0.25, 0.3) is 0 Å². The molecule has 232 valence electrons. The van der Waals surface area contributed by atoms with Crippen LogP contribution in [0.25, 0.3) is 0 Å². The average Bonchev–Trinajstić information content (AvgIpc) is 2.45. The van der Waals surface area contributed by atoms with Crippen molar-refractivity contribution in [2.45, 2.75) is 0 Å². The second-order valence-electron chi connectivity index (χ2n) is 3.34. The van der Waals surface area contributed by atoms with Crippen LogP contribution < -0.4 is 0 Å². The zero-order valence-corrected chi connectivity index (χ0v) is 23.1. The van der Waals surface area contributed by atoms with Gasteiger partial charge in [0.15, 0.2) is 0 Å². The minimum atomic E-state index is -1.75. The van der Waals surface area contributed by atoms with Gasteiger partial charge in [-0.05, 0) is 0 Å². The molecule has 0 radical (unpaired) electrons. The molecule has 1 aliphatic rings. The van der Waals surface area contributed by atoms with Gasteiger partial charge in [-0.15, -0.1) is 0 Å². The largest absolute Gasteiger partial charge is 3.00 e. The average molecular weight is 662 g/mol. The maximum absolute atomic E-state index is 8.25. The van der Waals surface area contributed by atoms with Gasteiger partial charge in [-0.25, -0.2) is 0 Å². The van der Waals surface area contributed by atoms with Crippen molar-refractivity contribution < 1.29 is 135 Å². The van der Waals surface area contributed by atoms with Crippen molar-refractivity contribution in [2.75, 3.05) is 52.9 Å². The van der Waals surface area contributed by atoms with E-state index in [1.54, 1.807) is 0 Å². The van der Waals surface area contributed by atoms with Crippen molar-refractivity contribution in [3.8, 4) is 0 Å². The summed E-state index contributed by atoms with van der Waals surface area (Å²) in [6.07, 6.45) is 0. The van der Waals surface area contributed by atoms with E-state index in [0.717, 1.165) is 0 Å². The van der Waals surface area contributed by atoms with E-state index in [4.69, 9.17) is 80.2 Å². The van der Waals surface area contributed by atoms with Crippen molar-refractivity contribution in [1.29, 1.82) is 0 Å². The minimum Gasteiger partial charge on any atom is -0.870 e. The second-order valence-corrected chi connectivity index (χ2v) is 3.34. The molecular formula is C8H36N4O24Sc2+6. The molecule has 38 heavy (non-hydrogen) atoms. The summed E-state index contributed by atoms with van der Waals surface area (Å²) in [4.78, 5) is 33.0. The van der Waals surface area contributed by atoms with Gasteiger partial charge in [-0.3, -0.25) is 0 Å². The van der Waals surface area contributed by atoms with Gasteiger partial charge in [-0.1, -0.05) is 0 Å². The van der Waals surface area contributed by atoms with E-state index < -0.39 is 20.3 Å². The molecule has 1 heterocycles. The van der Waals surface area contributed by atoms with Crippen molar-refractivity contribution in [3.63, 3.8) is 0 Å². The van der Waals surface area contributed by atoms with Crippen LogP contribution in [0.3, 0.4) is 0 Å². The summed E-state index contributed by atoms with van der Waals surface area (Å²) in [5, 5.41) is 59.0. The Morgan fingerprint density at radius 1 is 0.342 bits per heavy atom. The van der Waals surface area contributed by atoms with Crippen LogP contribution >= 0.6 is 0 Å². The van der Waals surface area contributed by atoms with E-state index in [0.29, 0.717) is 52.9 Å². The SMILES string of the molecule is C1COCCOCCOCCO1.O=[N+]([O-])[O-].O=[N+]([O-])[O-].O=[N+]([O-])[O-].O=[N+]([O-])[O-].[OH-].[OH-].[OH3+].[OH3+].[OH3+].[OH3+].[OH3+].[OH3+].[Sc+3].[Sc+3]. The number of hydrogen-bond acceptors (Lipinski definition) is 18. The summed E-state index contributed by atoms with van der Waals surface area (Å²) in [5.74, 6) is 0. The molecule has 0 spiro atoms. The Kier molecular flexibility index (Phi) is 200. The molecule has 1 saturated heterocycles. The van der Waals surface area contributed by atoms with E-state index in [2.05, 4.69) is 0 Å².